The van der Waals surface area contributed by atoms with Crippen LogP contribution in [0.4, 0.5) is 0 Å². The van der Waals surface area contributed by atoms with Gasteiger partial charge < -0.3 is 39.7 Å². The van der Waals surface area contributed by atoms with Crippen LogP contribution in [0, 0.1) is 0 Å². The fourth-order valence-electron chi connectivity index (χ4n) is 3.64. The van der Waals surface area contributed by atoms with Crippen molar-refractivity contribution in [3.63, 3.8) is 0 Å². The van der Waals surface area contributed by atoms with Gasteiger partial charge in [-0.1, -0.05) is 23.4 Å². The molecule has 0 unspecified atom stereocenters. The van der Waals surface area contributed by atoms with Gasteiger partial charge in [0.1, 0.15) is 29.0 Å². The number of fused-ring (bicyclic) bond motifs is 1. The van der Waals surface area contributed by atoms with Crippen LogP contribution in [-0.2, 0) is 17.7 Å². The SMILES string of the molecule is COc1ccc(CCn2nnc3cccc(O[C@]4(O)[C@H](O)O[C@H](CO)[C@@H](O)[C@@H]4O)c32)cc1. The third kappa shape index (κ3) is 4.01. The topological polar surface area (TPSA) is 160 Å². The third-order valence-electron chi connectivity index (χ3n) is 5.51. The molecular formula is C21H25N3O8. The van der Waals surface area contributed by atoms with Gasteiger partial charge >= 0.3 is 0 Å². The van der Waals surface area contributed by atoms with Gasteiger partial charge in [0.25, 0.3) is 5.79 Å². The van der Waals surface area contributed by atoms with Gasteiger partial charge in [0.2, 0.25) is 6.29 Å². The Hall–Kier alpha value is -2.80. The predicted molar refractivity (Wildman–Crippen MR) is 110 cm³/mol. The summed E-state index contributed by atoms with van der Waals surface area (Å²) in [5.74, 6) is -1.87. The first-order valence-corrected chi connectivity index (χ1v) is 10.0. The monoisotopic (exact) mass is 447 g/mol. The lowest BCUT2D eigenvalue weighted by Gasteiger charge is -2.45. The van der Waals surface area contributed by atoms with E-state index in [1.807, 2.05) is 24.3 Å². The maximum absolute atomic E-state index is 10.8. The molecular weight excluding hydrogens is 422 g/mol. The Labute approximate surface area is 183 Å². The minimum Gasteiger partial charge on any atom is -0.497 e. The van der Waals surface area contributed by atoms with Crippen LogP contribution < -0.4 is 9.47 Å². The highest BCUT2D eigenvalue weighted by Crippen LogP contribution is 2.34. The molecule has 172 valence electrons. The van der Waals surface area contributed by atoms with Crippen LogP contribution in [0.1, 0.15) is 5.56 Å². The normalized spacial score (nSPS) is 28.1. The molecule has 0 spiro atoms. The Balaban J connectivity index is 1.60. The van der Waals surface area contributed by atoms with Crippen molar-refractivity contribution in [2.24, 2.45) is 0 Å². The Bertz CT molecular complexity index is 1060. The third-order valence-corrected chi connectivity index (χ3v) is 5.51. The number of hydrogen-bond donors (Lipinski definition) is 5. The van der Waals surface area contributed by atoms with Gasteiger partial charge in [0, 0.05) is 6.54 Å². The number of methoxy groups -OCH3 is 1. The molecule has 0 amide bonds. The van der Waals surface area contributed by atoms with E-state index in [0.29, 0.717) is 24.0 Å². The van der Waals surface area contributed by atoms with Crippen molar-refractivity contribution >= 4 is 11.0 Å². The summed E-state index contributed by atoms with van der Waals surface area (Å²) in [5.41, 5.74) is 1.93. The number of aliphatic hydroxyl groups excluding tert-OH is 4. The second kappa shape index (κ2) is 8.98. The van der Waals surface area contributed by atoms with E-state index in [-0.39, 0.29) is 5.75 Å². The van der Waals surface area contributed by atoms with E-state index in [9.17, 15) is 25.5 Å². The van der Waals surface area contributed by atoms with Crippen molar-refractivity contribution in [1.29, 1.82) is 0 Å². The number of aryl methyl sites for hydroxylation is 2. The zero-order chi connectivity index (χ0) is 22.9. The molecule has 0 radical (unpaired) electrons. The molecule has 0 bridgehead atoms. The molecule has 2 heterocycles. The maximum atomic E-state index is 10.8. The standard InChI is InChI=1S/C21H25N3O8/c1-30-13-7-5-12(6-8-13)9-10-24-17-14(22-23-24)3-2-4-15(17)32-21(29)19(27)18(26)16(11-25)31-20(21)28/h2-8,16,18-20,25-29H,9-11H2,1H3/t16-,18-,19+,20-,21+/m1/s1. The molecule has 11 nitrogen and oxygen atoms in total. The number of para-hydroxylation sites is 1. The van der Waals surface area contributed by atoms with Crippen molar-refractivity contribution in [2.45, 2.75) is 43.4 Å². The smallest absolute Gasteiger partial charge is 0.288 e. The fourth-order valence-corrected chi connectivity index (χ4v) is 3.64. The first-order valence-electron chi connectivity index (χ1n) is 10.0. The maximum Gasteiger partial charge on any atom is 0.288 e. The summed E-state index contributed by atoms with van der Waals surface area (Å²) in [6.45, 7) is -0.235. The molecule has 4 rings (SSSR count). The summed E-state index contributed by atoms with van der Waals surface area (Å²) in [4.78, 5) is 0. The Morgan fingerprint density at radius 3 is 2.56 bits per heavy atom. The Morgan fingerprint density at radius 2 is 1.88 bits per heavy atom. The van der Waals surface area contributed by atoms with E-state index in [0.717, 1.165) is 11.3 Å². The van der Waals surface area contributed by atoms with Gasteiger partial charge in [-0.2, -0.15) is 0 Å². The Kier molecular flexibility index (Phi) is 6.29. The summed E-state index contributed by atoms with van der Waals surface area (Å²) in [5, 5.41) is 59.1. The molecule has 11 heteroatoms. The van der Waals surface area contributed by atoms with E-state index in [4.69, 9.17) is 14.2 Å². The molecule has 0 saturated carbocycles. The summed E-state index contributed by atoms with van der Waals surface area (Å²) in [6, 6.07) is 12.4. The van der Waals surface area contributed by atoms with Gasteiger partial charge in [0.15, 0.2) is 11.9 Å². The van der Waals surface area contributed by atoms with Crippen molar-refractivity contribution in [3.05, 3.63) is 48.0 Å². The highest BCUT2D eigenvalue weighted by Gasteiger charge is 2.57. The van der Waals surface area contributed by atoms with Gasteiger partial charge in [-0.25, -0.2) is 4.68 Å². The van der Waals surface area contributed by atoms with Crippen molar-refractivity contribution in [3.8, 4) is 11.5 Å². The molecule has 5 atom stereocenters. The second-order valence-corrected chi connectivity index (χ2v) is 7.53. The van der Waals surface area contributed by atoms with Gasteiger partial charge in [-0.15, -0.1) is 5.10 Å². The van der Waals surface area contributed by atoms with Gasteiger partial charge in [0.05, 0.1) is 13.7 Å². The molecule has 0 aliphatic carbocycles. The fraction of sp³-hybridized carbons (Fsp3) is 0.429. The highest BCUT2D eigenvalue weighted by atomic mass is 16.7. The molecule has 1 fully saturated rings. The molecule has 1 aliphatic rings. The number of benzene rings is 2. The minimum atomic E-state index is -2.69. The zero-order valence-electron chi connectivity index (χ0n) is 17.3. The van der Waals surface area contributed by atoms with Crippen molar-refractivity contribution < 1.29 is 39.7 Å². The second-order valence-electron chi connectivity index (χ2n) is 7.53. The van der Waals surface area contributed by atoms with Gasteiger partial charge in [-0.05, 0) is 36.2 Å². The number of aromatic nitrogens is 3. The summed E-state index contributed by atoms with van der Waals surface area (Å²) in [6.07, 6.45) is -6.34. The molecule has 1 aromatic heterocycles. The molecule has 5 N–H and O–H groups in total. The van der Waals surface area contributed by atoms with E-state index in [1.54, 1.807) is 23.9 Å². The molecule has 3 aromatic rings. The quantitative estimate of drug-likeness (QED) is 0.290. The minimum absolute atomic E-state index is 0.0704. The van der Waals surface area contributed by atoms with E-state index in [1.165, 1.54) is 6.07 Å². The summed E-state index contributed by atoms with van der Waals surface area (Å²) >= 11 is 0. The Morgan fingerprint density at radius 1 is 1.12 bits per heavy atom. The van der Waals surface area contributed by atoms with Crippen LogP contribution in [0.5, 0.6) is 11.5 Å². The number of nitrogens with zero attached hydrogens (tertiary/aromatic N) is 3. The van der Waals surface area contributed by atoms with Crippen LogP contribution >= 0.6 is 0 Å². The van der Waals surface area contributed by atoms with Crippen molar-refractivity contribution in [2.75, 3.05) is 13.7 Å². The lowest BCUT2D eigenvalue weighted by atomic mass is 9.96. The highest BCUT2D eigenvalue weighted by molar-refractivity contribution is 5.81. The average molecular weight is 447 g/mol. The zero-order valence-corrected chi connectivity index (χ0v) is 17.3. The van der Waals surface area contributed by atoms with E-state index < -0.39 is 37.0 Å². The number of rotatable bonds is 7. The largest absolute Gasteiger partial charge is 0.497 e. The predicted octanol–water partition coefficient (Wildman–Crippen LogP) is -0.819. The number of hydrogen-bond acceptors (Lipinski definition) is 10. The first-order chi connectivity index (χ1) is 15.4. The summed E-state index contributed by atoms with van der Waals surface area (Å²) < 4.78 is 17.4. The van der Waals surface area contributed by atoms with Crippen LogP contribution in [0.15, 0.2) is 42.5 Å². The average Bonchev–Trinajstić information content (AvgIpc) is 3.23. The molecule has 32 heavy (non-hydrogen) atoms. The van der Waals surface area contributed by atoms with Crippen molar-refractivity contribution in [1.82, 2.24) is 15.0 Å². The van der Waals surface area contributed by atoms with Crippen LogP contribution in [0.3, 0.4) is 0 Å². The van der Waals surface area contributed by atoms with Crippen LogP contribution in [0.25, 0.3) is 11.0 Å². The molecule has 1 aliphatic heterocycles. The molecule has 2 aromatic carbocycles. The van der Waals surface area contributed by atoms with E-state index >= 15 is 0 Å². The van der Waals surface area contributed by atoms with Crippen LogP contribution in [0.2, 0.25) is 0 Å². The van der Waals surface area contributed by atoms with Crippen LogP contribution in [-0.4, -0.2) is 84.6 Å². The van der Waals surface area contributed by atoms with Gasteiger partial charge in [-0.3, -0.25) is 0 Å². The lowest BCUT2D eigenvalue weighted by molar-refractivity contribution is -0.385. The number of aliphatic hydroxyl groups is 5. The van der Waals surface area contributed by atoms with E-state index in [2.05, 4.69) is 10.3 Å². The lowest BCUT2D eigenvalue weighted by Crippen LogP contribution is -2.69. The summed E-state index contributed by atoms with van der Waals surface area (Å²) in [7, 11) is 1.60. The number of ether oxygens (including phenoxy) is 3. The molecule has 1 saturated heterocycles. The first kappa shape index (κ1) is 22.4.